The maximum absolute atomic E-state index is 6.76. The molecule has 0 spiro atoms. The molecule has 0 bridgehead atoms. The molecule has 4 nitrogen and oxygen atoms in total. The van der Waals surface area contributed by atoms with E-state index in [2.05, 4.69) is 215 Å². The third-order valence-corrected chi connectivity index (χ3v) is 12.8. The van der Waals surface area contributed by atoms with Crippen molar-refractivity contribution in [3.8, 4) is 34.4 Å². The van der Waals surface area contributed by atoms with Gasteiger partial charge in [0.05, 0.1) is 11.0 Å². The Hall–Kier alpha value is -7.69. The molecule has 11 aromatic rings. The average Bonchev–Trinajstić information content (AvgIpc) is 3.84. The van der Waals surface area contributed by atoms with Gasteiger partial charge in [-0.3, -0.25) is 0 Å². The summed E-state index contributed by atoms with van der Waals surface area (Å²) in [5.41, 5.74) is 14.0. The lowest BCUT2D eigenvalue weighted by Gasteiger charge is -2.31. The number of rotatable bonds is 4. The van der Waals surface area contributed by atoms with Crippen molar-refractivity contribution in [3.63, 3.8) is 0 Å². The smallest absolute Gasteiger partial charge is 0.254 e. The van der Waals surface area contributed by atoms with Gasteiger partial charge in [0.15, 0.2) is 0 Å². The number of hydrogen-bond donors (Lipinski definition) is 0. The Bertz CT molecular complexity index is 3190. The first-order valence-corrected chi connectivity index (χ1v) is 20.7. The van der Waals surface area contributed by atoms with Crippen LogP contribution in [0.15, 0.2) is 206 Å². The van der Waals surface area contributed by atoms with E-state index >= 15 is 0 Å². The predicted octanol–water partition coefficient (Wildman–Crippen LogP) is 9.12. The molecule has 2 aliphatic heterocycles. The summed E-state index contributed by atoms with van der Waals surface area (Å²) in [6.45, 7) is -0.331. The fourth-order valence-electron chi connectivity index (χ4n) is 10.5. The maximum Gasteiger partial charge on any atom is 0.254 e. The van der Waals surface area contributed by atoms with Crippen molar-refractivity contribution in [2.45, 2.75) is 0 Å². The molecule has 278 valence electrons. The lowest BCUT2D eigenvalue weighted by molar-refractivity contribution is 0.487. The lowest BCUT2D eigenvalue weighted by atomic mass is 9.32. The predicted molar refractivity (Wildman–Crippen MR) is 250 cm³/mol. The molecule has 9 aromatic carbocycles. The highest BCUT2D eigenvalue weighted by atomic mass is 16.5. The first-order chi connectivity index (χ1) is 29.8. The summed E-state index contributed by atoms with van der Waals surface area (Å²) in [5.74, 6) is 3.53. The molecule has 60 heavy (non-hydrogen) atoms. The second-order valence-corrected chi connectivity index (χ2v) is 15.9. The second kappa shape index (κ2) is 12.9. The van der Waals surface area contributed by atoms with Crippen LogP contribution in [0.5, 0.6) is 23.0 Å². The minimum atomic E-state index is -0.165. The van der Waals surface area contributed by atoms with Gasteiger partial charge < -0.3 is 18.6 Å². The Morgan fingerprint density at radius 1 is 0.300 bits per heavy atom. The number of benzene rings is 9. The molecule has 0 saturated heterocycles. The van der Waals surface area contributed by atoms with Crippen LogP contribution in [-0.4, -0.2) is 22.6 Å². The summed E-state index contributed by atoms with van der Waals surface area (Å²) < 4.78 is 18.6. The third-order valence-electron chi connectivity index (χ3n) is 12.8. The van der Waals surface area contributed by atoms with Crippen LogP contribution < -0.4 is 42.3 Å². The highest BCUT2D eigenvalue weighted by Crippen LogP contribution is 2.40. The Kier molecular flexibility index (Phi) is 7.16. The molecule has 2 aromatic heterocycles. The number of aromatic nitrogens is 2. The van der Waals surface area contributed by atoms with Gasteiger partial charge >= 0.3 is 0 Å². The largest absolute Gasteiger partial charge is 0.458 e. The minimum Gasteiger partial charge on any atom is -0.458 e. The van der Waals surface area contributed by atoms with Gasteiger partial charge in [-0.25, -0.2) is 0 Å². The number of para-hydroxylation sites is 8. The molecule has 13 rings (SSSR count). The molecule has 4 heterocycles. The summed E-state index contributed by atoms with van der Waals surface area (Å²) in [6, 6.07) is 74.3. The zero-order valence-corrected chi connectivity index (χ0v) is 32.5. The zero-order valence-electron chi connectivity index (χ0n) is 32.5. The van der Waals surface area contributed by atoms with Gasteiger partial charge in [-0.1, -0.05) is 146 Å². The number of fused-ring (bicyclic) bond motifs is 10. The highest BCUT2D eigenvalue weighted by molar-refractivity contribution is 7.03. The molecule has 0 fully saturated rings. The number of nitrogens with zero attached hydrogens (tertiary/aromatic N) is 2. The summed E-state index contributed by atoms with van der Waals surface area (Å²) >= 11 is 0. The van der Waals surface area contributed by atoms with Gasteiger partial charge in [-0.05, 0) is 93.4 Å². The van der Waals surface area contributed by atoms with E-state index in [4.69, 9.17) is 9.47 Å². The SMILES string of the molecule is c1ccc(-n2c3ccccc3c3c(B4c5ccccc5Oc5ccccc54)c4c(c(B5c6ccccc6Oc6ccccc65)c32)c2ccccc2n4-c2ccccc2)cc1. The van der Waals surface area contributed by atoms with Gasteiger partial charge in [0.25, 0.3) is 13.4 Å². The van der Waals surface area contributed by atoms with Crippen LogP contribution in [-0.2, 0) is 0 Å². The molecule has 0 aliphatic carbocycles. The van der Waals surface area contributed by atoms with Crippen molar-refractivity contribution in [1.82, 2.24) is 9.13 Å². The molecular weight excluding hydrogens is 730 g/mol. The van der Waals surface area contributed by atoms with Crippen LogP contribution in [0.4, 0.5) is 0 Å². The van der Waals surface area contributed by atoms with E-state index in [0.29, 0.717) is 0 Å². The van der Waals surface area contributed by atoms with E-state index in [1.165, 1.54) is 43.5 Å². The van der Waals surface area contributed by atoms with E-state index < -0.39 is 0 Å². The molecule has 0 unspecified atom stereocenters. The van der Waals surface area contributed by atoms with E-state index in [1.54, 1.807) is 0 Å². The van der Waals surface area contributed by atoms with Crippen molar-refractivity contribution in [3.05, 3.63) is 206 Å². The molecular formula is C54H34B2N2O2. The monoisotopic (exact) mass is 764 g/mol. The van der Waals surface area contributed by atoms with Gasteiger partial charge in [0.2, 0.25) is 0 Å². The summed E-state index contributed by atoms with van der Waals surface area (Å²) in [6.07, 6.45) is 0. The van der Waals surface area contributed by atoms with Crippen LogP contribution in [0.3, 0.4) is 0 Å². The van der Waals surface area contributed by atoms with Crippen LogP contribution in [0.1, 0.15) is 0 Å². The topological polar surface area (TPSA) is 28.3 Å². The number of hydrogen-bond acceptors (Lipinski definition) is 2. The van der Waals surface area contributed by atoms with Crippen molar-refractivity contribution >= 4 is 89.8 Å². The van der Waals surface area contributed by atoms with Gasteiger partial charge in [-0.15, -0.1) is 0 Å². The molecule has 0 amide bonds. The summed E-state index contributed by atoms with van der Waals surface area (Å²) in [5, 5.41) is 4.87. The van der Waals surface area contributed by atoms with Crippen LogP contribution in [0.2, 0.25) is 0 Å². The summed E-state index contributed by atoms with van der Waals surface area (Å²) in [4.78, 5) is 0. The normalized spacial score (nSPS) is 12.9. The van der Waals surface area contributed by atoms with E-state index in [1.807, 2.05) is 0 Å². The quantitative estimate of drug-likeness (QED) is 0.168. The molecule has 0 N–H and O–H groups in total. The van der Waals surface area contributed by atoms with E-state index in [-0.39, 0.29) is 13.4 Å². The molecule has 0 atom stereocenters. The Labute approximate surface area is 347 Å². The first-order valence-electron chi connectivity index (χ1n) is 20.7. The van der Waals surface area contributed by atoms with Crippen LogP contribution >= 0.6 is 0 Å². The third kappa shape index (κ3) is 4.64. The molecule has 2 aliphatic rings. The Morgan fingerprint density at radius 3 is 0.967 bits per heavy atom. The maximum atomic E-state index is 6.76. The second-order valence-electron chi connectivity index (χ2n) is 15.9. The van der Waals surface area contributed by atoms with Crippen LogP contribution in [0.25, 0.3) is 55.0 Å². The first kappa shape index (κ1) is 33.3. The van der Waals surface area contributed by atoms with Crippen LogP contribution in [0, 0.1) is 0 Å². The standard InChI is InChI=1S/C54H34B2N2O2/c1-3-19-35(20-4-1)57-43-29-13-7-23-37(43)49-52(56-41-27-11-17-33-47(41)60-48-34-18-12-28-42(48)56)54-50(38-24-8-14-30-44(38)58(54)36-21-5-2-6-22-36)51(53(49)57)55-39-25-9-15-31-45(39)59-46-32-16-10-26-40(46)55/h1-34H. The molecule has 0 radical (unpaired) electrons. The summed E-state index contributed by atoms with van der Waals surface area (Å²) in [7, 11) is 0. The van der Waals surface area contributed by atoms with Crippen molar-refractivity contribution in [2.24, 2.45) is 0 Å². The van der Waals surface area contributed by atoms with Crippen molar-refractivity contribution < 1.29 is 9.47 Å². The van der Waals surface area contributed by atoms with Crippen molar-refractivity contribution in [2.75, 3.05) is 0 Å². The Balaban J connectivity index is 1.37. The van der Waals surface area contributed by atoms with Gasteiger partial charge in [0.1, 0.15) is 23.0 Å². The molecule has 0 saturated carbocycles. The average molecular weight is 765 g/mol. The van der Waals surface area contributed by atoms with Crippen molar-refractivity contribution in [1.29, 1.82) is 0 Å². The van der Waals surface area contributed by atoms with Gasteiger partial charge in [-0.2, -0.15) is 0 Å². The number of ether oxygens (including phenoxy) is 2. The van der Waals surface area contributed by atoms with Gasteiger partial charge in [0, 0.05) is 44.0 Å². The fraction of sp³-hybridized carbons (Fsp3) is 0. The van der Waals surface area contributed by atoms with E-state index in [9.17, 15) is 0 Å². The Morgan fingerprint density at radius 2 is 0.600 bits per heavy atom. The van der Waals surface area contributed by atoms with E-state index in [0.717, 1.165) is 67.3 Å². The fourth-order valence-corrected chi connectivity index (χ4v) is 10.5. The minimum absolute atomic E-state index is 0.165. The molecule has 6 heteroatoms. The highest BCUT2D eigenvalue weighted by Gasteiger charge is 2.42. The lowest BCUT2D eigenvalue weighted by Crippen LogP contribution is -2.58. The zero-order chi connectivity index (χ0) is 39.3.